The maximum absolute atomic E-state index is 11.1. The summed E-state index contributed by atoms with van der Waals surface area (Å²) in [7, 11) is 0. The summed E-state index contributed by atoms with van der Waals surface area (Å²) in [4.78, 5) is 16.0. The van der Waals surface area contributed by atoms with Gasteiger partial charge in [-0.1, -0.05) is 36.3 Å². The number of carbonyl (C=O) groups is 1. The van der Waals surface area contributed by atoms with Crippen molar-refractivity contribution in [2.24, 2.45) is 5.41 Å². The van der Waals surface area contributed by atoms with Gasteiger partial charge in [-0.05, 0) is 49.3 Å². The summed E-state index contributed by atoms with van der Waals surface area (Å²) in [6.07, 6.45) is 6.12. The van der Waals surface area contributed by atoms with E-state index in [4.69, 9.17) is 19.4 Å². The molecule has 0 bridgehead atoms. The fourth-order valence-electron chi connectivity index (χ4n) is 4.95. The van der Waals surface area contributed by atoms with Crippen molar-refractivity contribution in [3.63, 3.8) is 0 Å². The summed E-state index contributed by atoms with van der Waals surface area (Å²) in [6, 6.07) is 9.91. The average molecular weight is 460 g/mol. The molecule has 4 heterocycles. The number of hydrogen-bond donors (Lipinski definition) is 1. The maximum Gasteiger partial charge on any atom is 0.307 e. The number of ether oxygens (including phenoxy) is 1. The van der Waals surface area contributed by atoms with Crippen molar-refractivity contribution in [1.82, 2.24) is 14.7 Å². The molecule has 176 valence electrons. The first-order chi connectivity index (χ1) is 16.3. The Kier molecular flexibility index (Phi) is 5.73. The standard InChI is InChI=1S/C27H29N3O4/c1-17-25(18(2)34-29-17)21-13-23-26(28-14-21)22(20-6-4-19(5-7-20)12-24(31)32)15-30(23)16-27(3)8-10-33-11-9-27/h4-7,13-15H,8-12,16H2,1-3H3,(H,31,32). The molecule has 1 aliphatic heterocycles. The van der Waals surface area contributed by atoms with Gasteiger partial charge in [0.15, 0.2) is 0 Å². The van der Waals surface area contributed by atoms with E-state index in [1.807, 2.05) is 44.3 Å². The van der Waals surface area contributed by atoms with E-state index >= 15 is 0 Å². The maximum atomic E-state index is 11.1. The Morgan fingerprint density at radius 2 is 1.88 bits per heavy atom. The molecule has 7 nitrogen and oxygen atoms in total. The van der Waals surface area contributed by atoms with Crippen LogP contribution in [0.3, 0.4) is 0 Å². The molecule has 1 N–H and O–H groups in total. The lowest BCUT2D eigenvalue weighted by Gasteiger charge is -2.34. The van der Waals surface area contributed by atoms with Gasteiger partial charge in [0.1, 0.15) is 5.76 Å². The van der Waals surface area contributed by atoms with Crippen LogP contribution in [-0.4, -0.2) is 39.0 Å². The van der Waals surface area contributed by atoms with Gasteiger partial charge in [0.05, 0.1) is 23.1 Å². The molecule has 5 rings (SSSR count). The molecule has 0 amide bonds. The summed E-state index contributed by atoms with van der Waals surface area (Å²) in [5.41, 5.74) is 7.80. The fourth-order valence-corrected chi connectivity index (χ4v) is 4.95. The van der Waals surface area contributed by atoms with E-state index in [9.17, 15) is 4.79 Å². The Balaban J connectivity index is 1.62. The van der Waals surface area contributed by atoms with E-state index in [0.717, 1.165) is 82.9 Å². The third kappa shape index (κ3) is 4.23. The van der Waals surface area contributed by atoms with Gasteiger partial charge in [-0.2, -0.15) is 0 Å². The van der Waals surface area contributed by atoms with Crippen LogP contribution < -0.4 is 0 Å². The topological polar surface area (TPSA) is 90.4 Å². The number of benzene rings is 1. The first-order valence-corrected chi connectivity index (χ1v) is 11.6. The van der Waals surface area contributed by atoms with Crippen LogP contribution in [0.2, 0.25) is 0 Å². The Morgan fingerprint density at radius 1 is 1.15 bits per heavy atom. The minimum atomic E-state index is -0.831. The van der Waals surface area contributed by atoms with Crippen LogP contribution in [-0.2, 0) is 22.5 Å². The normalized spacial score (nSPS) is 15.6. The molecule has 4 aromatic rings. The zero-order valence-corrected chi connectivity index (χ0v) is 19.8. The first-order valence-electron chi connectivity index (χ1n) is 11.6. The predicted molar refractivity (Wildman–Crippen MR) is 130 cm³/mol. The van der Waals surface area contributed by atoms with Gasteiger partial charge in [0.25, 0.3) is 0 Å². The van der Waals surface area contributed by atoms with Gasteiger partial charge in [0.2, 0.25) is 0 Å². The second kappa shape index (κ2) is 8.72. The second-order valence-corrected chi connectivity index (χ2v) is 9.65. The molecule has 0 unspecified atom stereocenters. The van der Waals surface area contributed by atoms with E-state index in [-0.39, 0.29) is 11.8 Å². The molecular weight excluding hydrogens is 430 g/mol. The number of carboxylic acid groups (broad SMARTS) is 1. The lowest BCUT2D eigenvalue weighted by atomic mass is 9.82. The predicted octanol–water partition coefficient (Wildman–Crippen LogP) is 5.42. The molecule has 7 heteroatoms. The number of hydrogen-bond acceptors (Lipinski definition) is 5. The third-order valence-corrected chi connectivity index (χ3v) is 6.91. The number of rotatable bonds is 6. The van der Waals surface area contributed by atoms with Crippen molar-refractivity contribution in [2.45, 2.75) is 46.6 Å². The van der Waals surface area contributed by atoms with Crippen LogP contribution in [0.4, 0.5) is 0 Å². The summed E-state index contributed by atoms with van der Waals surface area (Å²) in [5.74, 6) is -0.0510. The number of aliphatic carboxylic acids is 1. The van der Waals surface area contributed by atoms with Gasteiger partial charge in [-0.15, -0.1) is 0 Å². The molecule has 3 aromatic heterocycles. The highest BCUT2D eigenvalue weighted by molar-refractivity contribution is 5.95. The molecule has 0 aliphatic carbocycles. The molecule has 0 spiro atoms. The van der Waals surface area contributed by atoms with Crippen molar-refractivity contribution in [2.75, 3.05) is 13.2 Å². The van der Waals surface area contributed by atoms with Crippen LogP contribution in [0.1, 0.15) is 36.8 Å². The number of carboxylic acids is 1. The minimum Gasteiger partial charge on any atom is -0.481 e. The van der Waals surface area contributed by atoms with E-state index < -0.39 is 5.97 Å². The highest BCUT2D eigenvalue weighted by Crippen LogP contribution is 2.38. The monoisotopic (exact) mass is 459 g/mol. The fraction of sp³-hybridized carbons (Fsp3) is 0.370. The van der Waals surface area contributed by atoms with Crippen molar-refractivity contribution in [3.05, 3.63) is 59.7 Å². The Morgan fingerprint density at radius 3 is 2.53 bits per heavy atom. The highest BCUT2D eigenvalue weighted by Gasteiger charge is 2.29. The Labute approximate surface area is 198 Å². The summed E-state index contributed by atoms with van der Waals surface area (Å²) in [6.45, 7) is 8.64. The number of fused-ring (bicyclic) bond motifs is 1. The van der Waals surface area contributed by atoms with Crippen LogP contribution in [0.5, 0.6) is 0 Å². The van der Waals surface area contributed by atoms with Gasteiger partial charge in [-0.3, -0.25) is 9.78 Å². The third-order valence-electron chi connectivity index (χ3n) is 6.91. The van der Waals surface area contributed by atoms with Gasteiger partial charge >= 0.3 is 5.97 Å². The molecule has 0 saturated carbocycles. The van der Waals surface area contributed by atoms with E-state index in [0.29, 0.717) is 0 Å². The summed E-state index contributed by atoms with van der Waals surface area (Å²) < 4.78 is 13.3. The zero-order valence-electron chi connectivity index (χ0n) is 19.8. The number of nitrogens with zero attached hydrogens (tertiary/aromatic N) is 3. The SMILES string of the molecule is Cc1noc(C)c1-c1cnc2c(-c3ccc(CC(=O)O)cc3)cn(CC3(C)CCOCC3)c2c1. The second-order valence-electron chi connectivity index (χ2n) is 9.65. The van der Waals surface area contributed by atoms with Crippen molar-refractivity contribution in [1.29, 1.82) is 0 Å². The van der Waals surface area contributed by atoms with Crippen molar-refractivity contribution >= 4 is 17.0 Å². The first kappa shape index (κ1) is 22.3. The quantitative estimate of drug-likeness (QED) is 0.414. The summed E-state index contributed by atoms with van der Waals surface area (Å²) in [5, 5.41) is 13.2. The van der Waals surface area contributed by atoms with Crippen molar-refractivity contribution < 1.29 is 19.2 Å². The van der Waals surface area contributed by atoms with E-state index in [2.05, 4.69) is 28.9 Å². The molecule has 1 aromatic carbocycles. The van der Waals surface area contributed by atoms with Crippen molar-refractivity contribution in [3.8, 4) is 22.3 Å². The van der Waals surface area contributed by atoms with Gasteiger partial charge in [-0.25, -0.2) is 0 Å². The molecule has 1 fully saturated rings. The minimum absolute atomic E-state index is 0.0154. The van der Waals surface area contributed by atoms with Gasteiger partial charge in [0, 0.05) is 48.8 Å². The number of aryl methyl sites for hydroxylation is 2. The molecule has 34 heavy (non-hydrogen) atoms. The van der Waals surface area contributed by atoms with E-state index in [1.165, 1.54) is 0 Å². The zero-order chi connectivity index (χ0) is 23.9. The van der Waals surface area contributed by atoms with Gasteiger partial charge < -0.3 is 18.9 Å². The summed E-state index contributed by atoms with van der Waals surface area (Å²) >= 11 is 0. The van der Waals surface area contributed by atoms with Crippen LogP contribution >= 0.6 is 0 Å². The molecule has 0 radical (unpaired) electrons. The van der Waals surface area contributed by atoms with Crippen LogP contribution in [0.15, 0.2) is 47.2 Å². The van der Waals surface area contributed by atoms with Crippen LogP contribution in [0, 0.1) is 19.3 Å². The molecular formula is C27H29N3O4. The Hall–Kier alpha value is -3.45. The molecule has 1 saturated heterocycles. The molecule has 0 atom stereocenters. The lowest BCUT2D eigenvalue weighted by molar-refractivity contribution is -0.136. The highest BCUT2D eigenvalue weighted by atomic mass is 16.5. The van der Waals surface area contributed by atoms with E-state index in [1.54, 1.807) is 0 Å². The largest absolute Gasteiger partial charge is 0.481 e. The number of aromatic nitrogens is 3. The average Bonchev–Trinajstić information content (AvgIpc) is 3.33. The van der Waals surface area contributed by atoms with Crippen LogP contribution in [0.25, 0.3) is 33.3 Å². The smallest absolute Gasteiger partial charge is 0.307 e. The molecule has 1 aliphatic rings. The Bertz CT molecular complexity index is 1320. The number of pyridine rings is 1. The lowest BCUT2D eigenvalue weighted by Crippen LogP contribution is -2.30.